The molecule has 0 saturated heterocycles. The maximum absolute atomic E-state index is 11.1. The van der Waals surface area contributed by atoms with Gasteiger partial charge in [0.2, 0.25) is 5.91 Å². The Morgan fingerprint density at radius 1 is 1.42 bits per heavy atom. The van der Waals surface area contributed by atoms with Crippen molar-refractivity contribution in [3.63, 3.8) is 0 Å². The number of benzene rings is 1. The maximum atomic E-state index is 11.1. The fourth-order valence-electron chi connectivity index (χ4n) is 1.64. The third-order valence-electron chi connectivity index (χ3n) is 3.03. The predicted molar refractivity (Wildman–Crippen MR) is 73.6 cm³/mol. The van der Waals surface area contributed by atoms with Gasteiger partial charge in [-0.05, 0) is 25.1 Å². The third-order valence-corrected chi connectivity index (χ3v) is 3.03. The molecule has 0 radical (unpaired) electrons. The van der Waals surface area contributed by atoms with Crippen LogP contribution in [0.1, 0.15) is 13.3 Å². The largest absolute Gasteiger partial charge is 0.493 e. The Hall–Kier alpha value is -2.14. The number of rotatable bonds is 5. The summed E-state index contributed by atoms with van der Waals surface area (Å²) in [6.45, 7) is 1.93. The summed E-state index contributed by atoms with van der Waals surface area (Å²) < 4.78 is 5.57. The van der Waals surface area contributed by atoms with Gasteiger partial charge in [-0.3, -0.25) is 9.78 Å². The number of hydrogen-bond acceptors (Lipinski definition) is 4. The summed E-state index contributed by atoms with van der Waals surface area (Å²) in [7, 11) is 0. The number of amides is 1. The highest BCUT2D eigenvalue weighted by Crippen LogP contribution is 2.19. The van der Waals surface area contributed by atoms with E-state index in [0.717, 1.165) is 10.9 Å². The van der Waals surface area contributed by atoms with E-state index in [2.05, 4.69) is 4.98 Å². The molecule has 0 spiro atoms. The molecule has 0 aliphatic heterocycles. The number of nitrogens with zero attached hydrogens (tertiary/aromatic N) is 1. The lowest BCUT2D eigenvalue weighted by Crippen LogP contribution is -2.50. The van der Waals surface area contributed by atoms with Crippen LogP contribution in [0.2, 0.25) is 0 Å². The molecule has 2 rings (SSSR count). The zero-order chi connectivity index (χ0) is 13.9. The summed E-state index contributed by atoms with van der Waals surface area (Å²) in [5, 5.41) is 1.05. The van der Waals surface area contributed by atoms with Gasteiger partial charge >= 0.3 is 0 Å². The van der Waals surface area contributed by atoms with E-state index in [1.807, 2.05) is 30.3 Å². The van der Waals surface area contributed by atoms with Crippen LogP contribution in [0.3, 0.4) is 0 Å². The fourth-order valence-corrected chi connectivity index (χ4v) is 1.64. The molecule has 0 bridgehead atoms. The van der Waals surface area contributed by atoms with Crippen molar-refractivity contribution in [1.82, 2.24) is 4.98 Å². The standard InChI is InChI=1S/C14H17N3O2/c1-14(16,13(15)18)6-8-19-11-5-4-10-3-2-7-17-12(10)9-11/h2-5,7,9H,6,8,16H2,1H3,(H2,15,18). The molecule has 4 N–H and O–H groups in total. The molecule has 1 aromatic carbocycles. The summed E-state index contributed by atoms with van der Waals surface area (Å²) >= 11 is 0. The molecule has 5 heteroatoms. The molecule has 1 atom stereocenters. The van der Waals surface area contributed by atoms with Crippen molar-refractivity contribution in [2.75, 3.05) is 6.61 Å². The molecular weight excluding hydrogens is 242 g/mol. The van der Waals surface area contributed by atoms with Crippen LogP contribution >= 0.6 is 0 Å². The third kappa shape index (κ3) is 3.20. The summed E-state index contributed by atoms with van der Waals surface area (Å²) in [5.41, 5.74) is 10.8. The number of primary amides is 1. The molecule has 5 nitrogen and oxygen atoms in total. The number of carbonyl (C=O) groups excluding carboxylic acids is 1. The first-order valence-corrected chi connectivity index (χ1v) is 6.05. The molecular formula is C14H17N3O2. The molecule has 1 heterocycles. The van der Waals surface area contributed by atoms with Crippen LogP contribution in [0.25, 0.3) is 10.9 Å². The van der Waals surface area contributed by atoms with Gasteiger partial charge in [-0.25, -0.2) is 0 Å². The molecule has 1 aromatic heterocycles. The van der Waals surface area contributed by atoms with Crippen LogP contribution in [0.15, 0.2) is 36.5 Å². The number of hydrogen-bond donors (Lipinski definition) is 2. The average molecular weight is 259 g/mol. The Balaban J connectivity index is 2.00. The summed E-state index contributed by atoms with van der Waals surface area (Å²) in [6, 6.07) is 9.52. The second-order valence-electron chi connectivity index (χ2n) is 4.74. The van der Waals surface area contributed by atoms with Gasteiger partial charge in [0.05, 0.1) is 17.7 Å². The highest BCUT2D eigenvalue weighted by atomic mass is 16.5. The van der Waals surface area contributed by atoms with Crippen molar-refractivity contribution in [1.29, 1.82) is 0 Å². The van der Waals surface area contributed by atoms with Crippen molar-refractivity contribution in [2.24, 2.45) is 11.5 Å². The molecule has 1 amide bonds. The molecule has 0 aliphatic carbocycles. The van der Waals surface area contributed by atoms with Crippen LogP contribution in [0, 0.1) is 0 Å². The molecule has 0 aliphatic rings. The van der Waals surface area contributed by atoms with E-state index in [-0.39, 0.29) is 0 Å². The van der Waals surface area contributed by atoms with Gasteiger partial charge in [0.25, 0.3) is 0 Å². The highest BCUT2D eigenvalue weighted by Gasteiger charge is 2.25. The van der Waals surface area contributed by atoms with Crippen molar-refractivity contribution in [3.05, 3.63) is 36.5 Å². The predicted octanol–water partition coefficient (Wildman–Crippen LogP) is 1.21. The first-order chi connectivity index (χ1) is 8.99. The minimum absolute atomic E-state index is 0.328. The van der Waals surface area contributed by atoms with Crippen LogP contribution < -0.4 is 16.2 Å². The van der Waals surface area contributed by atoms with E-state index < -0.39 is 11.4 Å². The zero-order valence-electron chi connectivity index (χ0n) is 10.8. The fraction of sp³-hybridized carbons (Fsp3) is 0.286. The summed E-state index contributed by atoms with van der Waals surface area (Å²) in [6.07, 6.45) is 2.10. The van der Waals surface area contributed by atoms with E-state index in [4.69, 9.17) is 16.2 Å². The van der Waals surface area contributed by atoms with Crippen molar-refractivity contribution >= 4 is 16.8 Å². The summed E-state index contributed by atoms with van der Waals surface area (Å²) in [4.78, 5) is 15.3. The smallest absolute Gasteiger partial charge is 0.237 e. The lowest BCUT2D eigenvalue weighted by atomic mass is 9.99. The lowest BCUT2D eigenvalue weighted by molar-refractivity contribution is -0.123. The zero-order valence-corrected chi connectivity index (χ0v) is 10.8. The van der Waals surface area contributed by atoms with Crippen LogP contribution in [0.4, 0.5) is 0 Å². The Bertz CT molecular complexity index is 596. The van der Waals surface area contributed by atoms with Crippen molar-refractivity contribution < 1.29 is 9.53 Å². The van der Waals surface area contributed by atoms with E-state index in [1.165, 1.54) is 0 Å². The molecule has 1 unspecified atom stereocenters. The van der Waals surface area contributed by atoms with E-state index in [0.29, 0.717) is 18.8 Å². The quantitative estimate of drug-likeness (QED) is 0.844. The molecule has 100 valence electrons. The van der Waals surface area contributed by atoms with Crippen LogP contribution in [0.5, 0.6) is 5.75 Å². The number of ether oxygens (including phenoxy) is 1. The first-order valence-electron chi connectivity index (χ1n) is 6.05. The SMILES string of the molecule is CC(N)(CCOc1ccc2cccnc2c1)C(N)=O. The van der Waals surface area contributed by atoms with Crippen LogP contribution in [-0.4, -0.2) is 23.0 Å². The number of pyridine rings is 1. The van der Waals surface area contributed by atoms with Gasteiger partial charge in [0.15, 0.2) is 0 Å². The van der Waals surface area contributed by atoms with Gasteiger partial charge in [-0.1, -0.05) is 6.07 Å². The minimum atomic E-state index is -1.05. The van der Waals surface area contributed by atoms with Gasteiger partial charge in [0, 0.05) is 24.1 Å². The van der Waals surface area contributed by atoms with Gasteiger partial charge in [0.1, 0.15) is 5.75 Å². The van der Waals surface area contributed by atoms with E-state index >= 15 is 0 Å². The van der Waals surface area contributed by atoms with Crippen molar-refractivity contribution in [2.45, 2.75) is 18.9 Å². The molecule has 2 aromatic rings. The minimum Gasteiger partial charge on any atom is -0.493 e. The van der Waals surface area contributed by atoms with Crippen molar-refractivity contribution in [3.8, 4) is 5.75 Å². The van der Waals surface area contributed by atoms with Gasteiger partial charge < -0.3 is 16.2 Å². The Morgan fingerprint density at radius 2 is 2.21 bits per heavy atom. The summed E-state index contributed by atoms with van der Waals surface area (Å²) in [5.74, 6) is 0.169. The van der Waals surface area contributed by atoms with Gasteiger partial charge in [-0.15, -0.1) is 0 Å². The highest BCUT2D eigenvalue weighted by molar-refractivity contribution is 5.83. The second-order valence-corrected chi connectivity index (χ2v) is 4.74. The molecule has 19 heavy (non-hydrogen) atoms. The second kappa shape index (κ2) is 5.24. The molecule has 0 fully saturated rings. The number of nitrogens with two attached hydrogens (primary N) is 2. The monoisotopic (exact) mass is 259 g/mol. The van der Waals surface area contributed by atoms with E-state index in [1.54, 1.807) is 13.1 Å². The Labute approximate surface area is 111 Å². The maximum Gasteiger partial charge on any atom is 0.237 e. The normalized spacial score (nSPS) is 14.0. The number of fused-ring (bicyclic) bond motifs is 1. The molecule has 0 saturated carbocycles. The number of aromatic nitrogens is 1. The topological polar surface area (TPSA) is 91.2 Å². The number of carbonyl (C=O) groups is 1. The van der Waals surface area contributed by atoms with E-state index in [9.17, 15) is 4.79 Å². The lowest BCUT2D eigenvalue weighted by Gasteiger charge is -2.20. The first kappa shape index (κ1) is 13.3. The average Bonchev–Trinajstić information content (AvgIpc) is 2.38. The Morgan fingerprint density at radius 3 is 2.95 bits per heavy atom. The van der Waals surface area contributed by atoms with Gasteiger partial charge in [-0.2, -0.15) is 0 Å². The Kier molecular flexibility index (Phi) is 3.66. The van der Waals surface area contributed by atoms with Crippen LogP contribution in [-0.2, 0) is 4.79 Å².